The molecule has 174 valence electrons. The Morgan fingerprint density at radius 3 is 2.41 bits per heavy atom. The van der Waals surface area contributed by atoms with E-state index < -0.39 is 21.8 Å². The molecule has 0 bridgehead atoms. The van der Waals surface area contributed by atoms with Crippen LogP contribution in [-0.4, -0.2) is 38.8 Å². The predicted molar refractivity (Wildman–Crippen MR) is 121 cm³/mol. The summed E-state index contributed by atoms with van der Waals surface area (Å²) in [7, 11) is -2.17. The molecule has 1 saturated heterocycles. The van der Waals surface area contributed by atoms with E-state index in [-0.39, 0.29) is 23.4 Å². The summed E-state index contributed by atoms with van der Waals surface area (Å²) in [5.74, 6) is 0.0355. The highest BCUT2D eigenvalue weighted by atomic mass is 32.2. The highest BCUT2D eigenvalue weighted by Gasteiger charge is 2.34. The molecule has 2 aromatic rings. The van der Waals surface area contributed by atoms with Crippen LogP contribution in [0.4, 0.5) is 4.39 Å². The summed E-state index contributed by atoms with van der Waals surface area (Å²) >= 11 is 0. The Morgan fingerprint density at radius 2 is 1.81 bits per heavy atom. The number of benzene rings is 2. The van der Waals surface area contributed by atoms with Gasteiger partial charge in [0.05, 0.1) is 24.0 Å². The zero-order valence-electron chi connectivity index (χ0n) is 18.8. The zero-order chi connectivity index (χ0) is 23.3. The van der Waals surface area contributed by atoms with Crippen molar-refractivity contribution in [1.82, 2.24) is 9.62 Å². The van der Waals surface area contributed by atoms with Gasteiger partial charge >= 0.3 is 0 Å². The van der Waals surface area contributed by atoms with Crippen LogP contribution in [0.5, 0.6) is 5.75 Å². The first-order valence-corrected chi connectivity index (χ1v) is 12.3. The molecule has 1 aliphatic heterocycles. The van der Waals surface area contributed by atoms with Gasteiger partial charge in [-0.3, -0.25) is 4.79 Å². The average Bonchev–Trinajstić information content (AvgIpc) is 2.78. The lowest BCUT2D eigenvalue weighted by Crippen LogP contribution is -2.46. The first kappa shape index (κ1) is 24.2. The number of carbonyl (C=O) groups excluding carboxylic acids is 1. The van der Waals surface area contributed by atoms with E-state index in [1.807, 2.05) is 24.3 Å². The molecule has 0 aliphatic carbocycles. The second-order valence-electron chi connectivity index (χ2n) is 8.62. The summed E-state index contributed by atoms with van der Waals surface area (Å²) in [5, 5.41) is 3.14. The van der Waals surface area contributed by atoms with Gasteiger partial charge in [-0.1, -0.05) is 26.0 Å². The predicted octanol–water partition coefficient (Wildman–Crippen LogP) is 4.14. The number of ether oxygens (including phenoxy) is 1. The number of halogens is 1. The molecule has 32 heavy (non-hydrogen) atoms. The van der Waals surface area contributed by atoms with Crippen molar-refractivity contribution in [1.29, 1.82) is 0 Å². The monoisotopic (exact) mass is 462 g/mol. The molecular weight excluding hydrogens is 431 g/mol. The molecule has 1 amide bonds. The normalized spacial score (nSPS) is 18.3. The van der Waals surface area contributed by atoms with E-state index in [4.69, 9.17) is 4.74 Å². The van der Waals surface area contributed by atoms with Crippen molar-refractivity contribution < 1.29 is 22.3 Å². The summed E-state index contributed by atoms with van der Waals surface area (Å²) in [6, 6.07) is 12.2. The van der Waals surface area contributed by atoms with E-state index in [0.717, 1.165) is 29.9 Å². The number of hydrogen-bond donors (Lipinski definition) is 1. The molecule has 0 aromatic heterocycles. The maximum atomic E-state index is 13.2. The summed E-state index contributed by atoms with van der Waals surface area (Å²) in [4.78, 5) is 13.2. The van der Waals surface area contributed by atoms with E-state index in [9.17, 15) is 17.6 Å². The molecule has 2 aromatic carbocycles. The minimum Gasteiger partial charge on any atom is -0.497 e. The smallest absolute Gasteiger partial charge is 0.243 e. The molecule has 8 heteroatoms. The van der Waals surface area contributed by atoms with Crippen molar-refractivity contribution in [3.8, 4) is 5.75 Å². The summed E-state index contributed by atoms with van der Waals surface area (Å²) < 4.78 is 45.7. The van der Waals surface area contributed by atoms with Gasteiger partial charge in [-0.2, -0.15) is 4.31 Å². The minimum absolute atomic E-state index is 0.0378. The fourth-order valence-electron chi connectivity index (χ4n) is 4.01. The number of rotatable bonds is 8. The lowest BCUT2D eigenvalue weighted by Gasteiger charge is -2.32. The average molecular weight is 463 g/mol. The molecule has 1 heterocycles. The van der Waals surface area contributed by atoms with Crippen LogP contribution in [0.25, 0.3) is 0 Å². The second-order valence-corrected chi connectivity index (χ2v) is 10.6. The lowest BCUT2D eigenvalue weighted by molar-refractivity contribution is -0.127. The number of carbonyl (C=O) groups is 1. The SMILES string of the molecule is COc1ccc([C@H](CC(C)C)NC(=O)[C@@H]2CCCN(S(=O)(=O)c3ccc(F)cc3)C2)cc1. The van der Waals surface area contributed by atoms with Crippen LogP contribution in [-0.2, 0) is 14.8 Å². The Labute approximate surface area is 189 Å². The van der Waals surface area contributed by atoms with Crippen molar-refractivity contribution in [3.63, 3.8) is 0 Å². The van der Waals surface area contributed by atoms with Gasteiger partial charge in [0.25, 0.3) is 0 Å². The van der Waals surface area contributed by atoms with Crippen LogP contribution in [0.3, 0.4) is 0 Å². The first-order chi connectivity index (χ1) is 15.2. The Hall–Kier alpha value is -2.45. The molecule has 1 N–H and O–H groups in total. The van der Waals surface area contributed by atoms with Crippen molar-refractivity contribution in [2.45, 2.75) is 44.0 Å². The van der Waals surface area contributed by atoms with E-state index in [1.54, 1.807) is 7.11 Å². The van der Waals surface area contributed by atoms with Crippen molar-refractivity contribution in [3.05, 3.63) is 59.9 Å². The van der Waals surface area contributed by atoms with Gasteiger partial charge in [0.2, 0.25) is 15.9 Å². The highest BCUT2D eigenvalue weighted by molar-refractivity contribution is 7.89. The van der Waals surface area contributed by atoms with Gasteiger partial charge in [-0.25, -0.2) is 12.8 Å². The fraction of sp³-hybridized carbons (Fsp3) is 0.458. The number of sulfonamides is 1. The zero-order valence-corrected chi connectivity index (χ0v) is 19.6. The fourth-order valence-corrected chi connectivity index (χ4v) is 5.53. The number of nitrogens with one attached hydrogen (secondary N) is 1. The van der Waals surface area contributed by atoms with E-state index in [2.05, 4.69) is 19.2 Å². The van der Waals surface area contributed by atoms with Gasteiger partial charge < -0.3 is 10.1 Å². The Morgan fingerprint density at radius 1 is 1.16 bits per heavy atom. The van der Waals surface area contributed by atoms with Crippen LogP contribution < -0.4 is 10.1 Å². The number of amides is 1. The quantitative estimate of drug-likeness (QED) is 0.640. The van der Waals surface area contributed by atoms with Gasteiger partial charge in [-0.05, 0) is 67.1 Å². The summed E-state index contributed by atoms with van der Waals surface area (Å²) in [6.45, 7) is 4.65. The maximum Gasteiger partial charge on any atom is 0.243 e. The molecule has 1 fully saturated rings. The van der Waals surface area contributed by atoms with Crippen LogP contribution >= 0.6 is 0 Å². The van der Waals surface area contributed by atoms with Crippen molar-refractivity contribution in [2.24, 2.45) is 11.8 Å². The minimum atomic E-state index is -3.78. The van der Waals surface area contributed by atoms with Gasteiger partial charge in [0.1, 0.15) is 11.6 Å². The Balaban J connectivity index is 1.72. The molecule has 1 aliphatic rings. The molecule has 3 rings (SSSR count). The summed E-state index contributed by atoms with van der Waals surface area (Å²) in [5.41, 5.74) is 0.986. The van der Waals surface area contributed by atoms with E-state index in [0.29, 0.717) is 25.3 Å². The molecular formula is C24H31FN2O4S. The highest BCUT2D eigenvalue weighted by Crippen LogP contribution is 2.27. The van der Waals surface area contributed by atoms with Crippen LogP contribution in [0.2, 0.25) is 0 Å². The van der Waals surface area contributed by atoms with Gasteiger partial charge in [0.15, 0.2) is 0 Å². The molecule has 0 unspecified atom stereocenters. The first-order valence-electron chi connectivity index (χ1n) is 10.9. The third-order valence-electron chi connectivity index (χ3n) is 5.75. The Kier molecular flexibility index (Phi) is 7.90. The van der Waals surface area contributed by atoms with Crippen molar-refractivity contribution in [2.75, 3.05) is 20.2 Å². The number of nitrogens with zero attached hydrogens (tertiary/aromatic N) is 1. The molecule has 2 atom stereocenters. The van der Waals surface area contributed by atoms with Gasteiger partial charge in [0, 0.05) is 13.1 Å². The van der Waals surface area contributed by atoms with Crippen molar-refractivity contribution >= 4 is 15.9 Å². The number of piperidine rings is 1. The molecule has 6 nitrogen and oxygen atoms in total. The number of methoxy groups -OCH3 is 1. The molecule has 0 spiro atoms. The van der Waals surface area contributed by atoms with E-state index in [1.165, 1.54) is 16.4 Å². The maximum absolute atomic E-state index is 13.2. The third kappa shape index (κ3) is 5.86. The van der Waals surface area contributed by atoms with Gasteiger partial charge in [-0.15, -0.1) is 0 Å². The Bertz CT molecular complexity index is 1010. The molecule has 0 saturated carbocycles. The number of hydrogen-bond acceptors (Lipinski definition) is 4. The lowest BCUT2D eigenvalue weighted by atomic mass is 9.94. The third-order valence-corrected chi connectivity index (χ3v) is 7.63. The van der Waals surface area contributed by atoms with Crippen LogP contribution in [0.1, 0.15) is 44.7 Å². The van der Waals surface area contributed by atoms with Crippen LogP contribution in [0, 0.1) is 17.7 Å². The topological polar surface area (TPSA) is 75.7 Å². The second kappa shape index (κ2) is 10.4. The molecule has 0 radical (unpaired) electrons. The largest absolute Gasteiger partial charge is 0.497 e. The standard InChI is InChI=1S/C24H31FN2O4S/c1-17(2)15-23(18-6-10-21(31-3)11-7-18)26-24(28)19-5-4-14-27(16-19)32(29,30)22-12-8-20(25)9-13-22/h6-13,17,19,23H,4-5,14-16H2,1-3H3,(H,26,28)/t19-,23+/m1/s1. The van der Waals surface area contributed by atoms with Crippen LogP contribution in [0.15, 0.2) is 53.4 Å². The van der Waals surface area contributed by atoms with E-state index >= 15 is 0 Å². The summed E-state index contributed by atoms with van der Waals surface area (Å²) in [6.07, 6.45) is 1.98.